The molecule has 1 heterocycles. The summed E-state index contributed by atoms with van der Waals surface area (Å²) in [5, 5.41) is 5.35. The number of aromatic nitrogens is 1. The van der Waals surface area contributed by atoms with Gasteiger partial charge < -0.3 is 5.32 Å². The van der Waals surface area contributed by atoms with E-state index in [0.29, 0.717) is 6.04 Å². The van der Waals surface area contributed by atoms with Gasteiger partial charge in [-0.1, -0.05) is 38.4 Å². The van der Waals surface area contributed by atoms with Gasteiger partial charge >= 0.3 is 0 Å². The molecule has 1 aromatic carbocycles. The van der Waals surface area contributed by atoms with Crippen molar-refractivity contribution in [2.24, 2.45) is 5.41 Å². The smallest absolute Gasteiger partial charge is 0.0761 e. The molecule has 3 heteroatoms. The van der Waals surface area contributed by atoms with Gasteiger partial charge in [-0.05, 0) is 36.1 Å². The molecule has 102 valence electrons. The van der Waals surface area contributed by atoms with E-state index in [2.05, 4.69) is 44.1 Å². The third-order valence-electron chi connectivity index (χ3n) is 3.70. The third-order valence-corrected chi connectivity index (χ3v) is 4.03. The predicted octanol–water partition coefficient (Wildman–Crippen LogP) is 4.41. The molecule has 0 fully saturated rings. The largest absolute Gasteiger partial charge is 0.310 e. The Kier molecular flexibility index (Phi) is 4.12. The number of benzene rings is 1. The van der Waals surface area contributed by atoms with Crippen LogP contribution in [0.15, 0.2) is 30.5 Å². The van der Waals surface area contributed by atoms with Crippen molar-refractivity contribution >= 4 is 22.5 Å². The van der Waals surface area contributed by atoms with E-state index >= 15 is 0 Å². The number of hydrogen-bond acceptors (Lipinski definition) is 2. The average molecular weight is 277 g/mol. The molecule has 2 nitrogen and oxygen atoms in total. The average Bonchev–Trinajstić information content (AvgIpc) is 2.37. The fourth-order valence-electron chi connectivity index (χ4n) is 1.91. The van der Waals surface area contributed by atoms with Gasteiger partial charge in [-0.2, -0.15) is 0 Å². The molecule has 1 atom stereocenters. The summed E-state index contributed by atoms with van der Waals surface area (Å²) in [4.78, 5) is 4.46. The van der Waals surface area contributed by atoms with Crippen LogP contribution in [-0.2, 0) is 6.54 Å². The fraction of sp³-hybridized carbons (Fsp3) is 0.438. The van der Waals surface area contributed by atoms with Gasteiger partial charge in [0.2, 0.25) is 0 Å². The SMILES string of the molecule is CC(NCc1ccc(Cl)c2cccnc12)C(C)(C)C. The minimum absolute atomic E-state index is 0.246. The highest BCUT2D eigenvalue weighted by atomic mass is 35.5. The Balaban J connectivity index is 2.25. The molecular formula is C16H21ClN2. The molecule has 0 aliphatic carbocycles. The summed E-state index contributed by atoms with van der Waals surface area (Å²) in [6, 6.07) is 8.37. The van der Waals surface area contributed by atoms with Crippen molar-refractivity contribution in [2.75, 3.05) is 0 Å². The Labute approximate surface area is 120 Å². The highest BCUT2D eigenvalue weighted by Crippen LogP contribution is 2.25. The number of rotatable bonds is 3. The van der Waals surface area contributed by atoms with Gasteiger partial charge in [0.1, 0.15) is 0 Å². The number of halogens is 1. The van der Waals surface area contributed by atoms with E-state index in [9.17, 15) is 0 Å². The molecule has 1 unspecified atom stereocenters. The monoisotopic (exact) mass is 276 g/mol. The zero-order chi connectivity index (χ0) is 14.0. The second-order valence-electron chi connectivity index (χ2n) is 6.07. The fourth-order valence-corrected chi connectivity index (χ4v) is 2.12. The van der Waals surface area contributed by atoms with Crippen LogP contribution in [-0.4, -0.2) is 11.0 Å². The van der Waals surface area contributed by atoms with E-state index in [1.165, 1.54) is 5.56 Å². The molecule has 1 aromatic heterocycles. The van der Waals surface area contributed by atoms with Crippen molar-refractivity contribution in [1.29, 1.82) is 0 Å². The molecule has 1 N–H and O–H groups in total. The Morgan fingerprint density at radius 2 is 2.00 bits per heavy atom. The van der Waals surface area contributed by atoms with Gasteiger partial charge in [0, 0.05) is 29.2 Å². The summed E-state index contributed by atoms with van der Waals surface area (Å²) < 4.78 is 0. The van der Waals surface area contributed by atoms with Crippen LogP contribution in [0.1, 0.15) is 33.3 Å². The highest BCUT2D eigenvalue weighted by molar-refractivity contribution is 6.35. The molecule has 0 bridgehead atoms. The molecule has 0 saturated carbocycles. The summed E-state index contributed by atoms with van der Waals surface area (Å²) in [5.41, 5.74) is 2.43. The standard InChI is InChI=1S/C16H21ClN2/c1-11(16(2,3)4)19-10-12-7-8-14(17)13-6-5-9-18-15(12)13/h5-9,11,19H,10H2,1-4H3. The summed E-state index contributed by atoms with van der Waals surface area (Å²) in [5.74, 6) is 0. The molecule has 2 rings (SSSR count). The van der Waals surface area contributed by atoms with Crippen molar-refractivity contribution in [2.45, 2.75) is 40.3 Å². The Morgan fingerprint density at radius 3 is 2.68 bits per heavy atom. The lowest BCUT2D eigenvalue weighted by Gasteiger charge is -2.28. The molecular weight excluding hydrogens is 256 g/mol. The van der Waals surface area contributed by atoms with E-state index < -0.39 is 0 Å². The van der Waals surface area contributed by atoms with Crippen molar-refractivity contribution in [3.8, 4) is 0 Å². The summed E-state index contributed by atoms with van der Waals surface area (Å²) in [7, 11) is 0. The van der Waals surface area contributed by atoms with Crippen LogP contribution in [0.2, 0.25) is 5.02 Å². The minimum atomic E-state index is 0.246. The number of nitrogens with zero attached hydrogens (tertiary/aromatic N) is 1. The Morgan fingerprint density at radius 1 is 1.26 bits per heavy atom. The quantitative estimate of drug-likeness (QED) is 0.898. The molecule has 2 aromatic rings. The van der Waals surface area contributed by atoms with Gasteiger partial charge in [0.05, 0.1) is 5.52 Å². The highest BCUT2D eigenvalue weighted by Gasteiger charge is 2.19. The van der Waals surface area contributed by atoms with Crippen LogP contribution < -0.4 is 5.32 Å². The van der Waals surface area contributed by atoms with Crippen LogP contribution in [0.25, 0.3) is 10.9 Å². The maximum atomic E-state index is 6.20. The van der Waals surface area contributed by atoms with Gasteiger partial charge in [-0.25, -0.2) is 0 Å². The summed E-state index contributed by atoms with van der Waals surface area (Å²) in [6.07, 6.45) is 1.81. The zero-order valence-corrected chi connectivity index (χ0v) is 12.8. The molecule has 0 radical (unpaired) electrons. The topological polar surface area (TPSA) is 24.9 Å². The molecule has 19 heavy (non-hydrogen) atoms. The number of hydrogen-bond donors (Lipinski definition) is 1. The van der Waals surface area contributed by atoms with Crippen LogP contribution in [0, 0.1) is 5.41 Å². The molecule has 0 amide bonds. The second-order valence-corrected chi connectivity index (χ2v) is 6.48. The van der Waals surface area contributed by atoms with E-state index in [1.54, 1.807) is 0 Å². The van der Waals surface area contributed by atoms with E-state index in [0.717, 1.165) is 22.5 Å². The maximum absolute atomic E-state index is 6.20. The number of pyridine rings is 1. The van der Waals surface area contributed by atoms with Crippen LogP contribution in [0.5, 0.6) is 0 Å². The van der Waals surface area contributed by atoms with Crippen LogP contribution in [0.3, 0.4) is 0 Å². The molecule has 0 aliphatic heterocycles. The Bertz CT molecular complexity index is 572. The maximum Gasteiger partial charge on any atom is 0.0761 e. The molecule has 0 aliphatic rings. The predicted molar refractivity (Wildman–Crippen MR) is 82.5 cm³/mol. The molecule has 0 spiro atoms. The van der Waals surface area contributed by atoms with Crippen molar-refractivity contribution in [3.05, 3.63) is 41.0 Å². The lowest BCUT2D eigenvalue weighted by molar-refractivity contribution is 0.285. The number of nitrogens with one attached hydrogen (secondary N) is 1. The van der Waals surface area contributed by atoms with Gasteiger partial charge in [0.15, 0.2) is 0 Å². The van der Waals surface area contributed by atoms with Crippen molar-refractivity contribution in [3.63, 3.8) is 0 Å². The van der Waals surface area contributed by atoms with E-state index in [4.69, 9.17) is 11.6 Å². The minimum Gasteiger partial charge on any atom is -0.310 e. The van der Waals surface area contributed by atoms with E-state index in [-0.39, 0.29) is 5.41 Å². The van der Waals surface area contributed by atoms with Crippen molar-refractivity contribution < 1.29 is 0 Å². The lowest BCUT2D eigenvalue weighted by Crippen LogP contribution is -2.37. The van der Waals surface area contributed by atoms with Crippen LogP contribution in [0.4, 0.5) is 0 Å². The second kappa shape index (κ2) is 5.48. The zero-order valence-electron chi connectivity index (χ0n) is 12.0. The van der Waals surface area contributed by atoms with Gasteiger partial charge in [-0.15, -0.1) is 0 Å². The Hall–Kier alpha value is -1.12. The number of fused-ring (bicyclic) bond motifs is 1. The first-order valence-electron chi connectivity index (χ1n) is 6.65. The first kappa shape index (κ1) is 14.3. The summed E-state index contributed by atoms with van der Waals surface area (Å²) >= 11 is 6.20. The summed E-state index contributed by atoms with van der Waals surface area (Å²) in [6.45, 7) is 9.74. The first-order chi connectivity index (χ1) is 8.89. The van der Waals surface area contributed by atoms with E-state index in [1.807, 2.05) is 24.4 Å². The van der Waals surface area contributed by atoms with Crippen LogP contribution >= 0.6 is 11.6 Å². The lowest BCUT2D eigenvalue weighted by atomic mass is 9.88. The van der Waals surface area contributed by atoms with Crippen molar-refractivity contribution in [1.82, 2.24) is 10.3 Å². The normalized spacial score (nSPS) is 13.7. The third kappa shape index (κ3) is 3.26. The van der Waals surface area contributed by atoms with Gasteiger partial charge in [-0.3, -0.25) is 4.98 Å². The first-order valence-corrected chi connectivity index (χ1v) is 7.03. The van der Waals surface area contributed by atoms with Gasteiger partial charge in [0.25, 0.3) is 0 Å². The molecule has 0 saturated heterocycles.